The van der Waals surface area contributed by atoms with Gasteiger partial charge in [0.1, 0.15) is 11.4 Å². The third kappa shape index (κ3) is 4.46. The molecule has 1 amide bonds. The van der Waals surface area contributed by atoms with Crippen LogP contribution >= 0.6 is 0 Å². The van der Waals surface area contributed by atoms with Crippen molar-refractivity contribution in [3.8, 4) is 0 Å². The van der Waals surface area contributed by atoms with Crippen LogP contribution in [0.4, 0.5) is 4.79 Å². The fourth-order valence-corrected chi connectivity index (χ4v) is 2.53. The topological polar surface area (TPSA) is 70.2 Å². The third-order valence-corrected chi connectivity index (χ3v) is 3.53. The molecule has 1 aromatic rings. The van der Waals surface area contributed by atoms with E-state index in [4.69, 9.17) is 4.74 Å². The van der Waals surface area contributed by atoms with Crippen molar-refractivity contribution >= 4 is 6.09 Å². The number of likely N-dealkylation sites (tertiary alicyclic amines) is 1. The van der Waals surface area contributed by atoms with E-state index in [9.17, 15) is 4.79 Å². The van der Waals surface area contributed by atoms with Crippen molar-refractivity contribution in [2.75, 3.05) is 13.1 Å². The molecule has 0 radical (unpaired) electrons. The summed E-state index contributed by atoms with van der Waals surface area (Å²) in [6, 6.07) is 0.483. The van der Waals surface area contributed by atoms with Crippen molar-refractivity contribution in [2.45, 2.75) is 58.2 Å². The molecular formula is C15H26N4O2. The summed E-state index contributed by atoms with van der Waals surface area (Å²) >= 11 is 0. The Morgan fingerprint density at radius 2 is 2.38 bits per heavy atom. The maximum atomic E-state index is 12.0. The Morgan fingerprint density at radius 3 is 2.95 bits per heavy atom. The summed E-state index contributed by atoms with van der Waals surface area (Å²) in [4.78, 5) is 21.3. The summed E-state index contributed by atoms with van der Waals surface area (Å²) in [5.74, 6) is 0.952. The molecule has 0 spiro atoms. The number of carbonyl (C=O) groups is 1. The molecule has 6 nitrogen and oxygen atoms in total. The van der Waals surface area contributed by atoms with Gasteiger partial charge in [0, 0.05) is 31.5 Å². The van der Waals surface area contributed by atoms with E-state index in [0.29, 0.717) is 6.54 Å². The number of aromatic amines is 1. The van der Waals surface area contributed by atoms with Gasteiger partial charge < -0.3 is 19.9 Å². The molecule has 118 valence electrons. The first-order valence-electron chi connectivity index (χ1n) is 7.62. The lowest BCUT2D eigenvalue weighted by molar-refractivity contribution is 0.0290. The summed E-state index contributed by atoms with van der Waals surface area (Å²) in [6.07, 6.45) is 5.27. The first-order valence-corrected chi connectivity index (χ1v) is 7.62. The molecule has 2 N–H and O–H groups in total. The zero-order valence-electron chi connectivity index (χ0n) is 13.3. The fourth-order valence-electron chi connectivity index (χ4n) is 2.53. The van der Waals surface area contributed by atoms with Gasteiger partial charge >= 0.3 is 6.09 Å². The number of ether oxygens (including phenoxy) is 1. The smallest absolute Gasteiger partial charge is 0.410 e. The van der Waals surface area contributed by atoms with E-state index in [2.05, 4.69) is 22.2 Å². The lowest BCUT2D eigenvalue weighted by atomic mass is 10.1. The van der Waals surface area contributed by atoms with Gasteiger partial charge in [-0.2, -0.15) is 0 Å². The molecule has 2 atom stereocenters. The van der Waals surface area contributed by atoms with Crippen molar-refractivity contribution in [3.05, 3.63) is 18.2 Å². The largest absolute Gasteiger partial charge is 0.444 e. The Balaban J connectivity index is 1.86. The summed E-state index contributed by atoms with van der Waals surface area (Å²) in [6.45, 7) is 9.22. The second kappa shape index (κ2) is 6.47. The maximum Gasteiger partial charge on any atom is 0.410 e. The zero-order valence-corrected chi connectivity index (χ0v) is 13.3. The summed E-state index contributed by atoms with van der Waals surface area (Å²) in [7, 11) is 0. The minimum Gasteiger partial charge on any atom is -0.444 e. The van der Waals surface area contributed by atoms with E-state index < -0.39 is 5.60 Å². The van der Waals surface area contributed by atoms with Crippen LogP contribution in [-0.2, 0) is 4.74 Å². The SMILES string of the molecule is CCC(NC1CCN(C(=O)OC(C)(C)C)C1)c1ncc[nH]1. The number of rotatable bonds is 4. The standard InChI is InChI=1S/C15H26N4O2/c1-5-12(13-16-7-8-17-13)18-11-6-9-19(10-11)14(20)21-15(2,3)4/h7-8,11-12,18H,5-6,9-10H2,1-4H3,(H,16,17). The number of amides is 1. The van der Waals surface area contributed by atoms with Gasteiger partial charge in [-0.05, 0) is 33.6 Å². The molecule has 1 aliphatic heterocycles. The number of hydrogen-bond donors (Lipinski definition) is 2. The van der Waals surface area contributed by atoms with Gasteiger partial charge in [0.15, 0.2) is 0 Å². The third-order valence-electron chi connectivity index (χ3n) is 3.53. The molecule has 1 fully saturated rings. The summed E-state index contributed by atoms with van der Waals surface area (Å²) in [5, 5.41) is 3.57. The van der Waals surface area contributed by atoms with Crippen LogP contribution in [0.3, 0.4) is 0 Å². The van der Waals surface area contributed by atoms with E-state index >= 15 is 0 Å². The van der Waals surface area contributed by atoms with E-state index in [-0.39, 0.29) is 18.2 Å². The van der Waals surface area contributed by atoms with Crippen molar-refractivity contribution < 1.29 is 9.53 Å². The van der Waals surface area contributed by atoms with E-state index in [1.165, 1.54) is 0 Å². The highest BCUT2D eigenvalue weighted by molar-refractivity contribution is 5.68. The van der Waals surface area contributed by atoms with Gasteiger partial charge in [-0.25, -0.2) is 9.78 Å². The normalized spacial score (nSPS) is 20.6. The Bertz CT molecular complexity index is 453. The fraction of sp³-hybridized carbons (Fsp3) is 0.733. The number of carbonyl (C=O) groups excluding carboxylic acids is 1. The molecule has 6 heteroatoms. The van der Waals surface area contributed by atoms with Crippen LogP contribution in [0.5, 0.6) is 0 Å². The molecule has 1 aromatic heterocycles. The van der Waals surface area contributed by atoms with Crippen LogP contribution in [-0.4, -0.2) is 45.7 Å². The van der Waals surface area contributed by atoms with Crippen molar-refractivity contribution in [3.63, 3.8) is 0 Å². The Labute approximate surface area is 126 Å². The van der Waals surface area contributed by atoms with Gasteiger partial charge in [0.25, 0.3) is 0 Å². The highest BCUT2D eigenvalue weighted by Gasteiger charge is 2.31. The van der Waals surface area contributed by atoms with Crippen LogP contribution in [0.1, 0.15) is 52.4 Å². The molecule has 2 unspecified atom stereocenters. The van der Waals surface area contributed by atoms with Gasteiger partial charge in [0.2, 0.25) is 0 Å². The van der Waals surface area contributed by atoms with Crippen LogP contribution in [0.25, 0.3) is 0 Å². The van der Waals surface area contributed by atoms with Gasteiger partial charge in [-0.15, -0.1) is 0 Å². The molecule has 0 saturated carbocycles. The molecule has 2 heterocycles. The Kier molecular flexibility index (Phi) is 4.88. The Morgan fingerprint density at radius 1 is 1.62 bits per heavy atom. The lowest BCUT2D eigenvalue weighted by Gasteiger charge is -2.25. The van der Waals surface area contributed by atoms with Crippen LogP contribution < -0.4 is 5.32 Å². The number of hydrogen-bond acceptors (Lipinski definition) is 4. The van der Waals surface area contributed by atoms with Crippen molar-refractivity contribution in [1.29, 1.82) is 0 Å². The predicted octanol–water partition coefficient (Wildman–Crippen LogP) is 2.46. The molecule has 0 aliphatic carbocycles. The van der Waals surface area contributed by atoms with Crippen molar-refractivity contribution in [1.82, 2.24) is 20.2 Å². The minimum absolute atomic E-state index is 0.198. The summed E-state index contributed by atoms with van der Waals surface area (Å²) < 4.78 is 5.41. The first kappa shape index (κ1) is 15.8. The molecule has 21 heavy (non-hydrogen) atoms. The van der Waals surface area contributed by atoms with Crippen LogP contribution in [0, 0.1) is 0 Å². The maximum absolute atomic E-state index is 12.0. The zero-order chi connectivity index (χ0) is 15.5. The number of imidazole rings is 1. The highest BCUT2D eigenvalue weighted by atomic mass is 16.6. The first-order chi connectivity index (χ1) is 9.89. The van der Waals surface area contributed by atoms with Gasteiger partial charge in [-0.3, -0.25) is 0 Å². The van der Waals surface area contributed by atoms with Crippen LogP contribution in [0.15, 0.2) is 12.4 Å². The molecular weight excluding hydrogens is 268 g/mol. The van der Waals surface area contributed by atoms with E-state index in [0.717, 1.165) is 25.2 Å². The van der Waals surface area contributed by atoms with Crippen molar-refractivity contribution in [2.24, 2.45) is 0 Å². The predicted molar refractivity (Wildman–Crippen MR) is 81.0 cm³/mol. The monoisotopic (exact) mass is 294 g/mol. The number of H-pyrrole nitrogens is 1. The average Bonchev–Trinajstić information content (AvgIpc) is 3.05. The molecule has 1 aliphatic rings. The molecule has 2 rings (SSSR count). The number of nitrogens with zero attached hydrogens (tertiary/aromatic N) is 2. The quantitative estimate of drug-likeness (QED) is 0.895. The van der Waals surface area contributed by atoms with Crippen LogP contribution in [0.2, 0.25) is 0 Å². The second-order valence-electron chi connectivity index (χ2n) is 6.51. The lowest BCUT2D eigenvalue weighted by Crippen LogP contribution is -2.39. The Hall–Kier alpha value is -1.56. The van der Waals surface area contributed by atoms with E-state index in [1.54, 1.807) is 11.1 Å². The number of nitrogens with one attached hydrogen (secondary N) is 2. The second-order valence-corrected chi connectivity index (χ2v) is 6.51. The molecule has 0 bridgehead atoms. The summed E-state index contributed by atoms with van der Waals surface area (Å²) in [5.41, 5.74) is -0.442. The molecule has 0 aromatic carbocycles. The number of aromatic nitrogens is 2. The van der Waals surface area contributed by atoms with E-state index in [1.807, 2.05) is 27.0 Å². The van der Waals surface area contributed by atoms with Gasteiger partial charge in [-0.1, -0.05) is 6.92 Å². The average molecular weight is 294 g/mol. The minimum atomic E-state index is -0.442. The highest BCUT2D eigenvalue weighted by Crippen LogP contribution is 2.19. The molecule has 1 saturated heterocycles. The van der Waals surface area contributed by atoms with Gasteiger partial charge in [0.05, 0.1) is 6.04 Å².